The van der Waals surface area contributed by atoms with Gasteiger partial charge in [-0.25, -0.2) is 0 Å². The third kappa shape index (κ3) is 2.06. The van der Waals surface area contributed by atoms with Gasteiger partial charge in [0.05, 0.1) is 0 Å². The summed E-state index contributed by atoms with van der Waals surface area (Å²) in [5, 5.41) is 2.40. The van der Waals surface area contributed by atoms with Gasteiger partial charge in [0.1, 0.15) is 0 Å². The van der Waals surface area contributed by atoms with Crippen LogP contribution in [-0.2, 0) is 5.54 Å². The number of nitrogens with one attached hydrogen (secondary N) is 1. The molecular formula is C17H18F2N2. The van der Waals surface area contributed by atoms with E-state index in [-0.39, 0.29) is 6.54 Å². The van der Waals surface area contributed by atoms with Crippen LogP contribution in [0.25, 0.3) is 0 Å². The molecule has 2 aromatic carbocycles. The van der Waals surface area contributed by atoms with E-state index in [9.17, 15) is 8.78 Å². The normalized spacial score (nSPS) is 21.1. The summed E-state index contributed by atoms with van der Waals surface area (Å²) in [5.41, 5.74) is -0.305. The molecule has 0 radical (unpaired) electrons. The molecule has 110 valence electrons. The smallest absolute Gasteiger partial charge is 0.285 e. The lowest BCUT2D eigenvalue weighted by molar-refractivity contribution is -0.169. The van der Waals surface area contributed by atoms with Crippen molar-refractivity contribution in [3.05, 3.63) is 71.8 Å². The standard InChI is InChI=1S/C17H18F2N2/c1-21-13-12-20-17(18,19)16(21,14-8-4-2-5-9-14)15-10-6-3-7-11-15/h2-11,20H,12-13H2,1H3. The summed E-state index contributed by atoms with van der Waals surface area (Å²) in [7, 11) is 1.76. The maximum absolute atomic E-state index is 15.0. The minimum atomic E-state index is -3.05. The molecule has 1 aliphatic rings. The minimum absolute atomic E-state index is 0.269. The zero-order valence-electron chi connectivity index (χ0n) is 11.9. The maximum atomic E-state index is 15.0. The molecule has 0 spiro atoms. The molecule has 0 saturated carbocycles. The highest BCUT2D eigenvalue weighted by molar-refractivity contribution is 5.42. The quantitative estimate of drug-likeness (QED) is 0.854. The summed E-state index contributed by atoms with van der Waals surface area (Å²) in [5.74, 6) is 0. The monoisotopic (exact) mass is 288 g/mol. The number of hydrogen-bond donors (Lipinski definition) is 1. The number of nitrogens with zero attached hydrogens (tertiary/aromatic N) is 1. The molecule has 1 fully saturated rings. The van der Waals surface area contributed by atoms with E-state index in [1.54, 1.807) is 60.5 Å². The van der Waals surface area contributed by atoms with Crippen LogP contribution in [-0.4, -0.2) is 31.1 Å². The van der Waals surface area contributed by atoms with Crippen LogP contribution in [0.15, 0.2) is 60.7 Å². The third-order valence-electron chi connectivity index (χ3n) is 4.20. The first-order valence-electron chi connectivity index (χ1n) is 7.04. The Morgan fingerprint density at radius 2 is 1.38 bits per heavy atom. The second-order valence-electron chi connectivity index (χ2n) is 5.37. The fraction of sp³-hybridized carbons (Fsp3) is 0.294. The summed E-state index contributed by atoms with van der Waals surface area (Å²) < 4.78 is 30.0. The van der Waals surface area contributed by atoms with Gasteiger partial charge in [0, 0.05) is 13.1 Å². The Kier molecular flexibility index (Phi) is 3.51. The van der Waals surface area contributed by atoms with E-state index < -0.39 is 11.6 Å². The highest BCUT2D eigenvalue weighted by Gasteiger charge is 2.60. The van der Waals surface area contributed by atoms with Crippen molar-refractivity contribution in [3.8, 4) is 0 Å². The molecule has 1 heterocycles. The Labute approximate surface area is 123 Å². The molecule has 1 aliphatic heterocycles. The van der Waals surface area contributed by atoms with Crippen molar-refractivity contribution in [1.29, 1.82) is 0 Å². The molecule has 0 aliphatic carbocycles. The van der Waals surface area contributed by atoms with Gasteiger partial charge in [-0.2, -0.15) is 8.78 Å². The summed E-state index contributed by atoms with van der Waals surface area (Å²) in [6.07, 6.45) is 0. The average Bonchev–Trinajstić information content (AvgIpc) is 2.49. The van der Waals surface area contributed by atoms with Crippen LogP contribution in [0.4, 0.5) is 8.78 Å². The zero-order chi connectivity index (χ0) is 14.9. The second kappa shape index (κ2) is 5.20. The summed E-state index contributed by atoms with van der Waals surface area (Å²) in [6.45, 7) is 0.824. The maximum Gasteiger partial charge on any atom is 0.329 e. The van der Waals surface area contributed by atoms with Crippen LogP contribution in [0.3, 0.4) is 0 Å². The largest absolute Gasteiger partial charge is 0.329 e. The molecule has 2 nitrogen and oxygen atoms in total. The van der Waals surface area contributed by atoms with Crippen LogP contribution in [0, 0.1) is 0 Å². The van der Waals surface area contributed by atoms with Gasteiger partial charge in [0.2, 0.25) is 0 Å². The third-order valence-corrected chi connectivity index (χ3v) is 4.20. The van der Waals surface area contributed by atoms with Gasteiger partial charge < -0.3 is 0 Å². The fourth-order valence-electron chi connectivity index (χ4n) is 3.24. The first-order valence-corrected chi connectivity index (χ1v) is 7.04. The van der Waals surface area contributed by atoms with E-state index in [0.717, 1.165) is 0 Å². The van der Waals surface area contributed by atoms with Crippen molar-refractivity contribution in [3.63, 3.8) is 0 Å². The Morgan fingerprint density at radius 1 is 0.905 bits per heavy atom. The van der Waals surface area contributed by atoms with Crippen molar-refractivity contribution in [2.24, 2.45) is 0 Å². The van der Waals surface area contributed by atoms with Crippen molar-refractivity contribution in [2.75, 3.05) is 20.1 Å². The molecule has 0 amide bonds. The number of piperazine rings is 1. The average molecular weight is 288 g/mol. The predicted molar refractivity (Wildman–Crippen MR) is 79.2 cm³/mol. The number of benzene rings is 2. The topological polar surface area (TPSA) is 15.3 Å². The van der Waals surface area contributed by atoms with Gasteiger partial charge in [-0.15, -0.1) is 0 Å². The molecule has 0 bridgehead atoms. The zero-order valence-corrected chi connectivity index (χ0v) is 11.9. The van der Waals surface area contributed by atoms with Crippen LogP contribution in [0.1, 0.15) is 11.1 Å². The number of hydrogen-bond acceptors (Lipinski definition) is 2. The van der Waals surface area contributed by atoms with Crippen LogP contribution >= 0.6 is 0 Å². The summed E-state index contributed by atoms with van der Waals surface area (Å²) in [4.78, 5) is 1.74. The van der Waals surface area contributed by atoms with Crippen LogP contribution in [0.5, 0.6) is 0 Å². The number of likely N-dealkylation sites (N-methyl/N-ethyl adjacent to an activating group) is 1. The second-order valence-corrected chi connectivity index (χ2v) is 5.37. The Balaban J connectivity index is 2.29. The highest BCUT2D eigenvalue weighted by atomic mass is 19.3. The van der Waals surface area contributed by atoms with Crippen molar-refractivity contribution < 1.29 is 8.78 Å². The SMILES string of the molecule is CN1CCNC(F)(F)C1(c1ccccc1)c1ccccc1. The molecule has 0 aromatic heterocycles. The van der Waals surface area contributed by atoms with Crippen molar-refractivity contribution in [1.82, 2.24) is 10.2 Å². The molecule has 1 saturated heterocycles. The lowest BCUT2D eigenvalue weighted by atomic mass is 9.78. The lowest BCUT2D eigenvalue weighted by Gasteiger charge is -2.51. The fourth-order valence-corrected chi connectivity index (χ4v) is 3.24. The van der Waals surface area contributed by atoms with E-state index in [1.165, 1.54) is 0 Å². The number of halogens is 2. The molecule has 21 heavy (non-hydrogen) atoms. The number of alkyl halides is 2. The lowest BCUT2D eigenvalue weighted by Crippen LogP contribution is -2.68. The van der Waals surface area contributed by atoms with Crippen LogP contribution < -0.4 is 5.32 Å². The predicted octanol–water partition coefficient (Wildman–Crippen LogP) is 3.06. The first-order chi connectivity index (χ1) is 10.1. The van der Waals surface area contributed by atoms with Gasteiger partial charge in [0.25, 0.3) is 0 Å². The van der Waals surface area contributed by atoms with Crippen molar-refractivity contribution >= 4 is 0 Å². The molecule has 1 N–H and O–H groups in total. The van der Waals surface area contributed by atoms with Crippen molar-refractivity contribution in [2.45, 2.75) is 11.6 Å². The van der Waals surface area contributed by atoms with Gasteiger partial charge in [0.15, 0.2) is 5.54 Å². The molecule has 0 atom stereocenters. The van der Waals surface area contributed by atoms with E-state index >= 15 is 0 Å². The first kappa shape index (κ1) is 14.2. The van der Waals surface area contributed by atoms with E-state index in [4.69, 9.17) is 0 Å². The number of rotatable bonds is 2. The molecule has 4 heteroatoms. The molecule has 0 unspecified atom stereocenters. The van der Waals surface area contributed by atoms with E-state index in [2.05, 4.69) is 5.32 Å². The van der Waals surface area contributed by atoms with Gasteiger partial charge in [-0.05, 0) is 18.2 Å². The summed E-state index contributed by atoms with van der Waals surface area (Å²) in [6, 6.07) is 14.9. The highest BCUT2D eigenvalue weighted by Crippen LogP contribution is 2.47. The van der Waals surface area contributed by atoms with E-state index in [0.29, 0.717) is 17.7 Å². The van der Waals surface area contributed by atoms with Gasteiger partial charge in [-0.3, -0.25) is 10.2 Å². The Hall–Kier alpha value is -1.78. The van der Waals surface area contributed by atoms with Gasteiger partial charge in [-0.1, -0.05) is 60.7 Å². The van der Waals surface area contributed by atoms with Crippen LogP contribution in [0.2, 0.25) is 0 Å². The molecule has 3 rings (SSSR count). The van der Waals surface area contributed by atoms with E-state index in [1.807, 2.05) is 12.1 Å². The Bertz CT molecular complexity index is 559. The molecule has 2 aromatic rings. The summed E-state index contributed by atoms with van der Waals surface area (Å²) >= 11 is 0. The Morgan fingerprint density at radius 3 is 1.81 bits per heavy atom. The minimum Gasteiger partial charge on any atom is -0.285 e. The van der Waals surface area contributed by atoms with Gasteiger partial charge >= 0.3 is 6.05 Å². The molecular weight excluding hydrogens is 270 g/mol.